The standard InChI is InChI=1S/C14H17NO5/c1-3-6-15(9(2)16)14(13(18)19)8-20-12-7-10(17)4-5-11(12)14/h4-5,7,17H,3,6,8H2,1-2H3,(H,18,19). The van der Waals surface area contributed by atoms with Crippen molar-refractivity contribution in [3.05, 3.63) is 23.8 Å². The van der Waals surface area contributed by atoms with Crippen LogP contribution in [0.15, 0.2) is 18.2 Å². The number of carbonyl (C=O) groups excluding carboxylic acids is 1. The lowest BCUT2D eigenvalue weighted by molar-refractivity contribution is -0.160. The monoisotopic (exact) mass is 279 g/mol. The molecule has 108 valence electrons. The number of hydrogen-bond donors (Lipinski definition) is 2. The number of aromatic hydroxyl groups is 1. The van der Waals surface area contributed by atoms with Crippen molar-refractivity contribution in [1.29, 1.82) is 0 Å². The molecule has 2 rings (SSSR count). The first kappa shape index (κ1) is 14.2. The molecule has 1 aliphatic heterocycles. The van der Waals surface area contributed by atoms with Gasteiger partial charge in [-0.1, -0.05) is 6.92 Å². The van der Waals surface area contributed by atoms with Crippen molar-refractivity contribution in [2.75, 3.05) is 13.2 Å². The Kier molecular flexibility index (Phi) is 3.57. The molecule has 1 aliphatic rings. The molecule has 0 spiro atoms. The van der Waals surface area contributed by atoms with Crippen LogP contribution in [0.25, 0.3) is 0 Å². The van der Waals surface area contributed by atoms with Gasteiger partial charge in [-0.25, -0.2) is 4.79 Å². The van der Waals surface area contributed by atoms with Crippen molar-refractivity contribution in [2.24, 2.45) is 0 Å². The summed E-state index contributed by atoms with van der Waals surface area (Å²) in [5, 5.41) is 19.1. The minimum Gasteiger partial charge on any atom is -0.508 e. The largest absolute Gasteiger partial charge is 0.508 e. The summed E-state index contributed by atoms with van der Waals surface area (Å²) < 4.78 is 5.40. The van der Waals surface area contributed by atoms with E-state index >= 15 is 0 Å². The Morgan fingerprint density at radius 2 is 2.15 bits per heavy atom. The van der Waals surface area contributed by atoms with Crippen LogP contribution in [-0.4, -0.2) is 40.1 Å². The highest BCUT2D eigenvalue weighted by atomic mass is 16.5. The minimum atomic E-state index is -1.52. The lowest BCUT2D eigenvalue weighted by atomic mass is 9.89. The lowest BCUT2D eigenvalue weighted by Crippen LogP contribution is -2.55. The first-order chi connectivity index (χ1) is 9.43. The van der Waals surface area contributed by atoms with Gasteiger partial charge in [-0.2, -0.15) is 0 Å². The van der Waals surface area contributed by atoms with Crippen molar-refractivity contribution in [1.82, 2.24) is 4.90 Å². The average Bonchev–Trinajstić information content (AvgIpc) is 2.75. The van der Waals surface area contributed by atoms with Crippen LogP contribution in [0.5, 0.6) is 11.5 Å². The molecule has 1 aromatic carbocycles. The van der Waals surface area contributed by atoms with Crippen LogP contribution in [0.3, 0.4) is 0 Å². The van der Waals surface area contributed by atoms with Gasteiger partial charge in [0, 0.05) is 25.1 Å². The second-order valence-electron chi connectivity index (χ2n) is 4.81. The molecule has 0 saturated carbocycles. The maximum Gasteiger partial charge on any atom is 0.338 e. The summed E-state index contributed by atoms with van der Waals surface area (Å²) in [6.45, 7) is 3.39. The third-order valence-electron chi connectivity index (χ3n) is 3.49. The molecule has 0 saturated heterocycles. The Labute approximate surface area is 116 Å². The van der Waals surface area contributed by atoms with E-state index in [1.54, 1.807) is 0 Å². The van der Waals surface area contributed by atoms with Crippen LogP contribution in [0.2, 0.25) is 0 Å². The van der Waals surface area contributed by atoms with Gasteiger partial charge >= 0.3 is 5.97 Å². The van der Waals surface area contributed by atoms with Crippen LogP contribution in [0.4, 0.5) is 0 Å². The summed E-state index contributed by atoms with van der Waals surface area (Å²) >= 11 is 0. The molecule has 6 heteroatoms. The summed E-state index contributed by atoms with van der Waals surface area (Å²) in [6.07, 6.45) is 0.641. The smallest absolute Gasteiger partial charge is 0.338 e. The summed E-state index contributed by atoms with van der Waals surface area (Å²) in [6, 6.07) is 4.26. The molecule has 1 aromatic rings. The second-order valence-corrected chi connectivity index (χ2v) is 4.81. The average molecular weight is 279 g/mol. The van der Waals surface area contributed by atoms with Gasteiger partial charge in [-0.3, -0.25) is 4.79 Å². The van der Waals surface area contributed by atoms with E-state index in [9.17, 15) is 19.8 Å². The highest BCUT2D eigenvalue weighted by Gasteiger charge is 2.53. The molecule has 1 amide bonds. The number of hydrogen-bond acceptors (Lipinski definition) is 4. The molecule has 20 heavy (non-hydrogen) atoms. The van der Waals surface area contributed by atoms with Crippen molar-refractivity contribution < 1.29 is 24.5 Å². The number of fused-ring (bicyclic) bond motifs is 1. The van der Waals surface area contributed by atoms with Crippen LogP contribution >= 0.6 is 0 Å². The van der Waals surface area contributed by atoms with Crippen molar-refractivity contribution in [2.45, 2.75) is 25.8 Å². The summed E-state index contributed by atoms with van der Waals surface area (Å²) in [7, 11) is 0. The molecule has 1 atom stereocenters. The molecule has 6 nitrogen and oxygen atoms in total. The highest BCUT2D eigenvalue weighted by Crippen LogP contribution is 2.43. The first-order valence-electron chi connectivity index (χ1n) is 6.41. The maximum absolute atomic E-state index is 11.9. The summed E-state index contributed by atoms with van der Waals surface area (Å²) in [4.78, 5) is 25.0. The van der Waals surface area contributed by atoms with E-state index in [1.807, 2.05) is 6.92 Å². The van der Waals surface area contributed by atoms with Gasteiger partial charge in [-0.15, -0.1) is 0 Å². The third kappa shape index (κ3) is 1.97. The van der Waals surface area contributed by atoms with Crippen molar-refractivity contribution in [3.8, 4) is 11.5 Å². The Bertz CT molecular complexity index is 556. The quantitative estimate of drug-likeness (QED) is 0.868. The molecular weight excluding hydrogens is 262 g/mol. The van der Waals surface area contributed by atoms with Crippen LogP contribution in [0, 0.1) is 0 Å². The molecule has 1 heterocycles. The molecule has 2 N–H and O–H groups in total. The van der Waals surface area contributed by atoms with Crippen LogP contribution in [0.1, 0.15) is 25.8 Å². The van der Waals surface area contributed by atoms with Crippen molar-refractivity contribution >= 4 is 11.9 Å². The van der Waals surface area contributed by atoms with E-state index in [-0.39, 0.29) is 18.3 Å². The fraction of sp³-hybridized carbons (Fsp3) is 0.429. The van der Waals surface area contributed by atoms with E-state index in [0.29, 0.717) is 24.3 Å². The highest BCUT2D eigenvalue weighted by molar-refractivity contribution is 5.89. The lowest BCUT2D eigenvalue weighted by Gasteiger charge is -2.36. The summed E-state index contributed by atoms with van der Waals surface area (Å²) in [5.41, 5.74) is -1.13. The number of phenols is 1. The first-order valence-corrected chi connectivity index (χ1v) is 6.41. The Balaban J connectivity index is 2.59. The number of aliphatic carboxylic acids is 1. The molecule has 0 radical (unpaired) electrons. The number of amides is 1. The SMILES string of the molecule is CCCN(C(C)=O)C1(C(=O)O)COc2cc(O)ccc21. The fourth-order valence-corrected chi connectivity index (χ4v) is 2.59. The molecule has 0 aromatic heterocycles. The van der Waals surface area contributed by atoms with Crippen LogP contribution in [-0.2, 0) is 15.1 Å². The van der Waals surface area contributed by atoms with Crippen LogP contribution < -0.4 is 4.74 Å². The second kappa shape index (κ2) is 5.03. The van der Waals surface area contributed by atoms with E-state index in [4.69, 9.17) is 4.74 Å². The molecule has 0 bridgehead atoms. The zero-order valence-corrected chi connectivity index (χ0v) is 11.4. The van der Waals surface area contributed by atoms with Crippen molar-refractivity contribution in [3.63, 3.8) is 0 Å². The van der Waals surface area contributed by atoms with E-state index in [0.717, 1.165) is 0 Å². The zero-order chi connectivity index (χ0) is 14.9. The zero-order valence-electron chi connectivity index (χ0n) is 11.4. The Morgan fingerprint density at radius 1 is 1.45 bits per heavy atom. The maximum atomic E-state index is 11.9. The van der Waals surface area contributed by atoms with E-state index < -0.39 is 11.5 Å². The summed E-state index contributed by atoms with van der Waals surface area (Å²) in [5.74, 6) is -1.16. The fourth-order valence-electron chi connectivity index (χ4n) is 2.59. The number of rotatable bonds is 4. The third-order valence-corrected chi connectivity index (χ3v) is 3.49. The Hall–Kier alpha value is -2.24. The topological polar surface area (TPSA) is 87.1 Å². The molecule has 0 aliphatic carbocycles. The Morgan fingerprint density at radius 3 is 2.70 bits per heavy atom. The van der Waals surface area contributed by atoms with Gasteiger partial charge in [0.15, 0.2) is 0 Å². The number of carboxylic acids is 1. The van der Waals surface area contributed by atoms with Gasteiger partial charge in [0.1, 0.15) is 18.1 Å². The van der Waals surface area contributed by atoms with Gasteiger partial charge < -0.3 is 19.8 Å². The van der Waals surface area contributed by atoms with Gasteiger partial charge in [0.25, 0.3) is 0 Å². The molecule has 0 fully saturated rings. The number of carbonyl (C=O) groups is 2. The molecule has 1 unspecified atom stereocenters. The van der Waals surface area contributed by atoms with E-state index in [1.165, 1.54) is 30.0 Å². The van der Waals surface area contributed by atoms with E-state index in [2.05, 4.69) is 0 Å². The number of ether oxygens (including phenoxy) is 1. The molecular formula is C14H17NO5. The van der Waals surface area contributed by atoms with Gasteiger partial charge in [-0.05, 0) is 18.6 Å². The number of phenolic OH excluding ortho intramolecular Hbond substituents is 1. The normalized spacial score (nSPS) is 20.1. The van der Waals surface area contributed by atoms with Gasteiger partial charge in [0.05, 0.1) is 0 Å². The predicted molar refractivity (Wildman–Crippen MR) is 70.6 cm³/mol. The van der Waals surface area contributed by atoms with Gasteiger partial charge in [0.2, 0.25) is 11.4 Å². The minimum absolute atomic E-state index is 0.00481. The number of nitrogens with zero attached hydrogens (tertiary/aromatic N) is 1. The predicted octanol–water partition coefficient (Wildman–Crippen LogP) is 1.32. The number of carboxylic acid groups (broad SMARTS) is 1. The number of benzene rings is 1.